The lowest BCUT2D eigenvalue weighted by atomic mass is 9.78. The van der Waals surface area contributed by atoms with Crippen LogP contribution < -0.4 is 9.37 Å². The number of fused-ring (bicyclic) bond motifs is 2. The largest absolute Gasteiger partial charge is 0.534 e. The molecule has 0 amide bonds. The molecule has 0 aromatic heterocycles. The molecule has 1 aliphatic heterocycles. The number of nitrogens with zero attached hydrogens (tertiary/aromatic N) is 1. The zero-order chi connectivity index (χ0) is 33.2. The van der Waals surface area contributed by atoms with Crippen LogP contribution in [0.4, 0.5) is 22.0 Å². The second kappa shape index (κ2) is 11.4. The molecule has 0 radical (unpaired) electrons. The normalized spacial score (nSPS) is 18.5. The molecule has 1 atom stereocenters. The highest BCUT2D eigenvalue weighted by molar-refractivity contribution is 7.88. The van der Waals surface area contributed by atoms with E-state index < -0.39 is 41.1 Å². The molecule has 0 N–H and O–H groups in total. The molecule has 0 bridgehead atoms. The Kier molecular flexibility index (Phi) is 8.76. The van der Waals surface area contributed by atoms with Crippen LogP contribution in [0.1, 0.15) is 63.3 Å². The van der Waals surface area contributed by atoms with Gasteiger partial charge in [0, 0.05) is 6.54 Å². The first-order valence-electron chi connectivity index (χ1n) is 14.4. The Labute approximate surface area is 257 Å². The van der Waals surface area contributed by atoms with E-state index in [4.69, 9.17) is 4.99 Å². The fraction of sp³-hybridized carbons (Fsp3) is 0.424. The number of rotatable bonds is 6. The summed E-state index contributed by atoms with van der Waals surface area (Å²) in [5.74, 6) is -4.48. The van der Waals surface area contributed by atoms with E-state index >= 15 is 8.78 Å². The van der Waals surface area contributed by atoms with Crippen LogP contribution in [-0.2, 0) is 10.1 Å². The van der Waals surface area contributed by atoms with Crippen molar-refractivity contribution < 1.29 is 34.6 Å². The van der Waals surface area contributed by atoms with Gasteiger partial charge in [0.05, 0.1) is 5.71 Å². The van der Waals surface area contributed by atoms with Crippen LogP contribution in [0.15, 0.2) is 57.8 Å². The molecule has 2 aromatic rings. The fourth-order valence-electron chi connectivity index (χ4n) is 6.37. The van der Waals surface area contributed by atoms with Gasteiger partial charge in [-0.05, 0) is 101 Å². The van der Waals surface area contributed by atoms with Crippen molar-refractivity contribution in [3.8, 4) is 5.75 Å². The standard InChI is InChI=1S/C33H38F5NO3SSi/c1-10-39-26-16-27-23(14-22(26)20(4)17-32(5,6)7)28(21-12-11-18(2)13-19(21)3)24-15-25(34)30(29(35)31(24)44(27,8)9)42-43(40,41)33(36,37)38/h11-16,20H,10,17H2,1-9H3. The summed E-state index contributed by atoms with van der Waals surface area (Å²) in [5.41, 5.74) is -0.128. The van der Waals surface area contributed by atoms with E-state index in [2.05, 4.69) is 38.0 Å². The Morgan fingerprint density at radius 2 is 1.64 bits per heavy atom. The molecular weight excluding hydrogens is 614 g/mol. The summed E-state index contributed by atoms with van der Waals surface area (Å²) in [7, 11) is -9.53. The van der Waals surface area contributed by atoms with Crippen molar-refractivity contribution in [3.05, 3.63) is 86.6 Å². The third-order valence-corrected chi connectivity index (χ3v) is 12.5. The molecular formula is C33H38F5NO3SSi. The maximum absolute atomic E-state index is 16.4. The Hall–Kier alpha value is -3.05. The van der Waals surface area contributed by atoms with Crippen molar-refractivity contribution in [2.24, 2.45) is 16.3 Å². The Morgan fingerprint density at radius 3 is 2.18 bits per heavy atom. The summed E-state index contributed by atoms with van der Waals surface area (Å²) in [5, 5.41) is 0.723. The van der Waals surface area contributed by atoms with Gasteiger partial charge in [0.1, 0.15) is 8.07 Å². The molecule has 0 spiro atoms. The number of alkyl halides is 3. The van der Waals surface area contributed by atoms with Crippen LogP contribution in [0.2, 0.25) is 13.1 Å². The van der Waals surface area contributed by atoms with Gasteiger partial charge in [-0.25, -0.2) is 8.78 Å². The molecule has 1 aliphatic carbocycles. The molecule has 4 rings (SSSR count). The third-order valence-electron chi connectivity index (χ3n) is 8.09. The van der Waals surface area contributed by atoms with Crippen LogP contribution in [0.3, 0.4) is 0 Å². The van der Waals surface area contributed by atoms with E-state index in [0.29, 0.717) is 17.7 Å². The van der Waals surface area contributed by atoms with Gasteiger partial charge in [-0.3, -0.25) is 4.99 Å². The zero-order valence-corrected chi connectivity index (χ0v) is 28.2. The highest BCUT2D eigenvalue weighted by Crippen LogP contribution is 2.46. The first kappa shape index (κ1) is 33.8. The molecule has 2 aliphatic rings. The van der Waals surface area contributed by atoms with Gasteiger partial charge in [-0.2, -0.15) is 21.6 Å². The average Bonchev–Trinajstić information content (AvgIpc) is 2.85. The number of halogens is 5. The fourth-order valence-corrected chi connectivity index (χ4v) is 10.0. The van der Waals surface area contributed by atoms with Gasteiger partial charge in [-0.15, -0.1) is 0 Å². The summed E-state index contributed by atoms with van der Waals surface area (Å²) in [6, 6.07) is 6.61. The minimum Gasteiger partial charge on any atom is -0.370 e. The molecule has 11 heteroatoms. The Balaban J connectivity index is 2.15. The minimum atomic E-state index is -6.33. The summed E-state index contributed by atoms with van der Waals surface area (Å²) in [6.45, 7) is 18.4. The number of hydrogen-bond donors (Lipinski definition) is 0. The summed E-state index contributed by atoms with van der Waals surface area (Å²) in [4.78, 5) is 4.77. The number of aryl methyl sites for hydroxylation is 2. The highest BCUT2D eigenvalue weighted by atomic mass is 32.2. The summed E-state index contributed by atoms with van der Waals surface area (Å²) < 4.78 is 99.4. The van der Waals surface area contributed by atoms with E-state index in [0.717, 1.165) is 45.7 Å². The second-order valence-electron chi connectivity index (χ2n) is 13.3. The third kappa shape index (κ3) is 6.09. The quantitative estimate of drug-likeness (QED) is 0.136. The number of hydrogen-bond acceptors (Lipinski definition) is 4. The lowest BCUT2D eigenvalue weighted by Gasteiger charge is -2.40. The van der Waals surface area contributed by atoms with Crippen molar-refractivity contribution in [1.82, 2.24) is 0 Å². The molecule has 0 saturated carbocycles. The lowest BCUT2D eigenvalue weighted by Crippen LogP contribution is -2.52. The Morgan fingerprint density at radius 1 is 1.00 bits per heavy atom. The van der Waals surface area contributed by atoms with E-state index in [1.807, 2.05) is 45.0 Å². The smallest absolute Gasteiger partial charge is 0.370 e. The predicted molar refractivity (Wildman–Crippen MR) is 168 cm³/mol. The van der Waals surface area contributed by atoms with Crippen molar-refractivity contribution in [2.75, 3.05) is 6.54 Å². The van der Waals surface area contributed by atoms with E-state index in [1.165, 1.54) is 0 Å². The molecule has 0 fully saturated rings. The van der Waals surface area contributed by atoms with Crippen LogP contribution in [-0.4, -0.2) is 34.3 Å². The molecule has 1 heterocycles. The molecule has 238 valence electrons. The van der Waals surface area contributed by atoms with E-state index in [1.54, 1.807) is 13.1 Å². The second-order valence-corrected chi connectivity index (χ2v) is 19.1. The van der Waals surface area contributed by atoms with Gasteiger partial charge in [-0.1, -0.05) is 64.6 Å². The molecule has 1 unspecified atom stereocenters. The van der Waals surface area contributed by atoms with Gasteiger partial charge < -0.3 is 4.18 Å². The van der Waals surface area contributed by atoms with Crippen LogP contribution in [0.25, 0.3) is 5.57 Å². The van der Waals surface area contributed by atoms with Crippen molar-refractivity contribution >= 4 is 34.7 Å². The molecule has 2 aromatic carbocycles. The predicted octanol–water partition coefficient (Wildman–Crippen LogP) is 8.48. The van der Waals surface area contributed by atoms with Crippen molar-refractivity contribution in [3.63, 3.8) is 0 Å². The van der Waals surface area contributed by atoms with Crippen molar-refractivity contribution in [1.29, 1.82) is 0 Å². The lowest BCUT2D eigenvalue weighted by molar-refractivity contribution is -0.0501. The van der Waals surface area contributed by atoms with Crippen LogP contribution >= 0.6 is 0 Å². The zero-order valence-electron chi connectivity index (χ0n) is 26.4. The van der Waals surface area contributed by atoms with Gasteiger partial charge >= 0.3 is 15.6 Å². The maximum atomic E-state index is 16.4. The monoisotopic (exact) mass is 651 g/mol. The minimum absolute atomic E-state index is 0.0128. The maximum Gasteiger partial charge on any atom is 0.534 e. The molecule has 0 saturated heterocycles. The number of allylic oxidation sites excluding steroid dienone is 5. The first-order chi connectivity index (χ1) is 20.1. The van der Waals surface area contributed by atoms with Crippen LogP contribution in [0, 0.1) is 36.8 Å². The SMILES string of the molecule is CCN=C1C=C2C(=C(c3ccc(C)cc3C)c3cc(F)c(OS(=O)(=O)C(F)(F)F)c(F)c3[Si]2(C)C)C=C1C(C)CC(C)(C)C. The molecule has 44 heavy (non-hydrogen) atoms. The Bertz CT molecular complexity index is 1760. The van der Waals surface area contributed by atoms with E-state index in [9.17, 15) is 21.6 Å². The highest BCUT2D eigenvalue weighted by Gasteiger charge is 2.51. The molecule has 4 nitrogen and oxygen atoms in total. The first-order valence-corrected chi connectivity index (χ1v) is 18.9. The van der Waals surface area contributed by atoms with E-state index in [-0.39, 0.29) is 22.1 Å². The van der Waals surface area contributed by atoms with Crippen molar-refractivity contribution in [2.45, 2.75) is 73.5 Å². The topological polar surface area (TPSA) is 55.7 Å². The summed E-state index contributed by atoms with van der Waals surface area (Å²) >= 11 is 0. The number of aliphatic imine (C=N–C) groups is 1. The van der Waals surface area contributed by atoms with Gasteiger partial charge in [0.25, 0.3) is 0 Å². The average molecular weight is 652 g/mol. The van der Waals surface area contributed by atoms with Gasteiger partial charge in [0.15, 0.2) is 11.6 Å². The summed E-state index contributed by atoms with van der Waals surface area (Å²) in [6.07, 6.45) is 4.84. The number of benzene rings is 2. The van der Waals surface area contributed by atoms with Gasteiger partial charge in [0.2, 0.25) is 5.75 Å². The van der Waals surface area contributed by atoms with Crippen LogP contribution in [0.5, 0.6) is 5.75 Å².